The van der Waals surface area contributed by atoms with E-state index in [9.17, 15) is 4.79 Å². The van der Waals surface area contributed by atoms with Gasteiger partial charge in [0.25, 0.3) is 5.91 Å². The van der Waals surface area contributed by atoms with Crippen LogP contribution in [0.4, 0.5) is 5.69 Å². The van der Waals surface area contributed by atoms with E-state index < -0.39 is 0 Å². The van der Waals surface area contributed by atoms with Crippen LogP contribution in [0, 0.1) is 6.92 Å². The number of ether oxygens (including phenoxy) is 2. The molecule has 0 aliphatic heterocycles. The molecular formula is C18H18N2O3. The molecule has 0 radical (unpaired) electrons. The zero-order valence-corrected chi connectivity index (χ0v) is 13.3. The molecule has 2 aromatic carbocycles. The fraction of sp³-hybridized carbons (Fsp3) is 0.167. The third-order valence-corrected chi connectivity index (χ3v) is 3.74. The van der Waals surface area contributed by atoms with E-state index in [0.29, 0.717) is 17.1 Å². The second kappa shape index (κ2) is 6.04. The summed E-state index contributed by atoms with van der Waals surface area (Å²) in [5.41, 5.74) is 3.28. The van der Waals surface area contributed by atoms with E-state index in [0.717, 1.165) is 22.2 Å². The maximum Gasteiger partial charge on any atom is 0.257 e. The molecule has 1 amide bonds. The molecule has 0 unspecified atom stereocenters. The van der Waals surface area contributed by atoms with Gasteiger partial charge in [0.05, 0.1) is 25.3 Å². The van der Waals surface area contributed by atoms with Gasteiger partial charge in [-0.2, -0.15) is 0 Å². The Bertz CT molecular complexity index is 851. The van der Waals surface area contributed by atoms with Crippen LogP contribution in [0.5, 0.6) is 11.5 Å². The second-order valence-electron chi connectivity index (χ2n) is 5.28. The SMILES string of the molecule is COc1cc2[nH]cc(C(=O)Nc3ccc(C)cc3)c2cc1OC. The Balaban J connectivity index is 1.95. The molecule has 0 aliphatic rings. The van der Waals surface area contributed by atoms with Crippen LogP contribution in [0.2, 0.25) is 0 Å². The van der Waals surface area contributed by atoms with E-state index >= 15 is 0 Å². The third kappa shape index (κ3) is 2.85. The Morgan fingerprint density at radius 2 is 1.70 bits per heavy atom. The first-order chi connectivity index (χ1) is 11.1. The van der Waals surface area contributed by atoms with Gasteiger partial charge >= 0.3 is 0 Å². The van der Waals surface area contributed by atoms with Crippen molar-refractivity contribution in [2.75, 3.05) is 19.5 Å². The van der Waals surface area contributed by atoms with Gasteiger partial charge in [0.15, 0.2) is 11.5 Å². The average molecular weight is 310 g/mol. The second-order valence-corrected chi connectivity index (χ2v) is 5.28. The monoisotopic (exact) mass is 310 g/mol. The van der Waals surface area contributed by atoms with Crippen molar-refractivity contribution in [1.82, 2.24) is 4.98 Å². The van der Waals surface area contributed by atoms with Gasteiger partial charge in [0.1, 0.15) is 0 Å². The summed E-state index contributed by atoms with van der Waals surface area (Å²) in [7, 11) is 3.15. The minimum absolute atomic E-state index is 0.174. The number of amides is 1. The van der Waals surface area contributed by atoms with Crippen molar-refractivity contribution in [3.63, 3.8) is 0 Å². The van der Waals surface area contributed by atoms with Crippen LogP contribution in [-0.2, 0) is 0 Å². The molecule has 118 valence electrons. The Morgan fingerprint density at radius 3 is 2.35 bits per heavy atom. The van der Waals surface area contributed by atoms with Gasteiger partial charge in [0, 0.05) is 23.3 Å². The van der Waals surface area contributed by atoms with Crippen LogP contribution in [0.3, 0.4) is 0 Å². The molecule has 0 atom stereocenters. The molecule has 0 saturated heterocycles. The molecule has 2 N–H and O–H groups in total. The van der Waals surface area contributed by atoms with Gasteiger partial charge in [-0.05, 0) is 25.1 Å². The van der Waals surface area contributed by atoms with E-state index in [2.05, 4.69) is 10.3 Å². The first-order valence-corrected chi connectivity index (χ1v) is 7.23. The van der Waals surface area contributed by atoms with Gasteiger partial charge in [-0.1, -0.05) is 17.7 Å². The van der Waals surface area contributed by atoms with Gasteiger partial charge in [-0.25, -0.2) is 0 Å². The molecule has 5 heteroatoms. The first kappa shape index (κ1) is 15.0. The Hall–Kier alpha value is -2.95. The number of hydrogen-bond acceptors (Lipinski definition) is 3. The predicted molar refractivity (Wildman–Crippen MR) is 90.5 cm³/mol. The van der Waals surface area contributed by atoms with Crippen LogP contribution in [0.25, 0.3) is 10.9 Å². The fourth-order valence-electron chi connectivity index (χ4n) is 2.47. The number of H-pyrrole nitrogens is 1. The van der Waals surface area contributed by atoms with Crippen molar-refractivity contribution >= 4 is 22.5 Å². The van der Waals surface area contributed by atoms with Gasteiger partial charge in [-0.15, -0.1) is 0 Å². The highest BCUT2D eigenvalue weighted by molar-refractivity contribution is 6.13. The Labute approximate surface area is 134 Å². The summed E-state index contributed by atoms with van der Waals surface area (Å²) < 4.78 is 10.6. The maximum atomic E-state index is 12.5. The van der Waals surface area contributed by atoms with Gasteiger partial charge in [-0.3, -0.25) is 4.79 Å². The summed E-state index contributed by atoms with van der Waals surface area (Å²) in [6, 6.07) is 11.3. The number of aryl methyl sites for hydroxylation is 1. The summed E-state index contributed by atoms with van der Waals surface area (Å²) in [5, 5.41) is 3.68. The van der Waals surface area contributed by atoms with Crippen molar-refractivity contribution in [2.24, 2.45) is 0 Å². The number of anilines is 1. The lowest BCUT2D eigenvalue weighted by atomic mass is 10.1. The van der Waals surface area contributed by atoms with E-state index in [1.807, 2.05) is 37.3 Å². The zero-order chi connectivity index (χ0) is 16.4. The summed E-state index contributed by atoms with van der Waals surface area (Å²) >= 11 is 0. The highest BCUT2D eigenvalue weighted by atomic mass is 16.5. The number of methoxy groups -OCH3 is 2. The number of fused-ring (bicyclic) bond motifs is 1. The molecule has 1 aromatic heterocycles. The number of hydrogen-bond donors (Lipinski definition) is 2. The Morgan fingerprint density at radius 1 is 1.04 bits per heavy atom. The smallest absolute Gasteiger partial charge is 0.257 e. The number of rotatable bonds is 4. The number of carbonyl (C=O) groups excluding carboxylic acids is 1. The molecule has 5 nitrogen and oxygen atoms in total. The summed E-state index contributed by atoms with van der Waals surface area (Å²) in [6.45, 7) is 2.00. The van der Waals surface area contributed by atoms with Gasteiger partial charge in [0.2, 0.25) is 0 Å². The van der Waals surface area contributed by atoms with Crippen molar-refractivity contribution in [3.05, 3.63) is 53.7 Å². The normalized spacial score (nSPS) is 10.6. The molecule has 1 heterocycles. The summed E-state index contributed by atoms with van der Waals surface area (Å²) in [5.74, 6) is 1.03. The fourth-order valence-corrected chi connectivity index (χ4v) is 2.47. The van der Waals surface area contributed by atoms with Crippen LogP contribution >= 0.6 is 0 Å². The van der Waals surface area contributed by atoms with Gasteiger partial charge < -0.3 is 19.8 Å². The number of nitrogens with one attached hydrogen (secondary N) is 2. The lowest BCUT2D eigenvalue weighted by Crippen LogP contribution is -2.11. The maximum absolute atomic E-state index is 12.5. The summed E-state index contributed by atoms with van der Waals surface area (Å²) in [6.07, 6.45) is 1.69. The lowest BCUT2D eigenvalue weighted by molar-refractivity contribution is 0.102. The van der Waals surface area contributed by atoms with Crippen LogP contribution in [0.15, 0.2) is 42.6 Å². The predicted octanol–water partition coefficient (Wildman–Crippen LogP) is 3.75. The zero-order valence-electron chi connectivity index (χ0n) is 13.3. The summed E-state index contributed by atoms with van der Waals surface area (Å²) in [4.78, 5) is 15.6. The molecule has 3 aromatic rings. The van der Waals surface area contributed by atoms with Crippen molar-refractivity contribution in [2.45, 2.75) is 6.92 Å². The van der Waals surface area contributed by atoms with E-state index in [-0.39, 0.29) is 5.91 Å². The third-order valence-electron chi connectivity index (χ3n) is 3.74. The molecule has 0 aliphatic carbocycles. The topological polar surface area (TPSA) is 63.4 Å². The number of benzene rings is 2. The van der Waals surface area contributed by atoms with Crippen LogP contribution in [0.1, 0.15) is 15.9 Å². The number of aromatic nitrogens is 1. The van der Waals surface area contributed by atoms with Crippen molar-refractivity contribution < 1.29 is 14.3 Å². The number of aromatic amines is 1. The lowest BCUT2D eigenvalue weighted by Gasteiger charge is -2.08. The first-order valence-electron chi connectivity index (χ1n) is 7.23. The highest BCUT2D eigenvalue weighted by Gasteiger charge is 2.15. The van der Waals surface area contributed by atoms with Crippen LogP contribution < -0.4 is 14.8 Å². The number of carbonyl (C=O) groups is 1. The standard InChI is InChI=1S/C18H18N2O3/c1-11-4-6-12(7-5-11)20-18(21)14-10-19-15-9-17(23-3)16(22-2)8-13(14)15/h4-10,19H,1-3H3,(H,20,21). The van der Waals surface area contributed by atoms with E-state index in [4.69, 9.17) is 9.47 Å². The minimum Gasteiger partial charge on any atom is -0.493 e. The molecule has 23 heavy (non-hydrogen) atoms. The molecular weight excluding hydrogens is 292 g/mol. The molecule has 0 fully saturated rings. The van der Waals surface area contributed by atoms with E-state index in [1.54, 1.807) is 26.5 Å². The average Bonchev–Trinajstić information content (AvgIpc) is 2.98. The Kier molecular flexibility index (Phi) is 3.93. The largest absolute Gasteiger partial charge is 0.493 e. The molecule has 3 rings (SSSR count). The highest BCUT2D eigenvalue weighted by Crippen LogP contribution is 2.33. The van der Waals surface area contributed by atoms with Crippen molar-refractivity contribution in [3.8, 4) is 11.5 Å². The minimum atomic E-state index is -0.174. The van der Waals surface area contributed by atoms with E-state index in [1.165, 1.54) is 0 Å². The van der Waals surface area contributed by atoms with Crippen molar-refractivity contribution in [1.29, 1.82) is 0 Å². The molecule has 0 saturated carbocycles. The molecule has 0 bridgehead atoms. The quantitative estimate of drug-likeness (QED) is 0.771. The molecule has 0 spiro atoms. The van der Waals surface area contributed by atoms with Crippen LogP contribution in [-0.4, -0.2) is 25.1 Å².